The van der Waals surface area contributed by atoms with Crippen LogP contribution in [0, 0.1) is 0 Å². The molecule has 8 heteroatoms. The number of furan rings is 1. The number of imidazole rings is 1. The van der Waals surface area contributed by atoms with Gasteiger partial charge in [0, 0.05) is 31.2 Å². The summed E-state index contributed by atoms with van der Waals surface area (Å²) in [6.45, 7) is 4.36. The zero-order valence-corrected chi connectivity index (χ0v) is 14.5. The van der Waals surface area contributed by atoms with Crippen molar-refractivity contribution in [2.45, 2.75) is 13.3 Å². The van der Waals surface area contributed by atoms with Crippen molar-refractivity contribution in [2.24, 2.45) is 0 Å². The van der Waals surface area contributed by atoms with Gasteiger partial charge in [0.15, 0.2) is 17.2 Å². The molecule has 4 rings (SSSR count). The first-order chi connectivity index (χ1) is 12.7. The summed E-state index contributed by atoms with van der Waals surface area (Å²) >= 11 is 0. The summed E-state index contributed by atoms with van der Waals surface area (Å²) in [4.78, 5) is 26.5. The van der Waals surface area contributed by atoms with E-state index < -0.39 is 0 Å². The number of amides is 1. The molecule has 0 spiro atoms. The highest BCUT2D eigenvalue weighted by Gasteiger charge is 2.16. The van der Waals surface area contributed by atoms with Gasteiger partial charge in [-0.15, -0.1) is 0 Å². The van der Waals surface area contributed by atoms with Gasteiger partial charge in [0.2, 0.25) is 0 Å². The number of allylic oxidation sites excluding steroid dienone is 1. The lowest BCUT2D eigenvalue weighted by Crippen LogP contribution is -2.28. The third-order valence-electron chi connectivity index (χ3n) is 4.24. The zero-order chi connectivity index (χ0) is 17.9. The third-order valence-corrected chi connectivity index (χ3v) is 4.24. The smallest absolute Gasteiger partial charge is 0.253 e. The number of H-pyrrole nitrogens is 1. The van der Waals surface area contributed by atoms with Crippen LogP contribution in [-0.4, -0.2) is 45.5 Å². The van der Waals surface area contributed by atoms with Crippen molar-refractivity contribution in [1.29, 1.82) is 0 Å². The van der Waals surface area contributed by atoms with Gasteiger partial charge in [-0.05, 0) is 31.5 Å². The van der Waals surface area contributed by atoms with E-state index in [-0.39, 0.29) is 5.91 Å². The Bertz CT molecular complexity index is 944. The second-order valence-corrected chi connectivity index (χ2v) is 6.19. The van der Waals surface area contributed by atoms with Crippen LogP contribution >= 0.6 is 0 Å². The Balaban J connectivity index is 1.41. The molecule has 0 unspecified atom stereocenters. The number of nitrogens with one attached hydrogen (secondary N) is 3. The van der Waals surface area contributed by atoms with Crippen molar-refractivity contribution in [1.82, 2.24) is 30.5 Å². The summed E-state index contributed by atoms with van der Waals surface area (Å²) < 4.78 is 5.35. The Morgan fingerprint density at radius 3 is 3.12 bits per heavy atom. The molecule has 0 fully saturated rings. The lowest BCUT2D eigenvalue weighted by atomic mass is 10.2. The fraction of sp³-hybridized carbons (Fsp3) is 0.278. The summed E-state index contributed by atoms with van der Waals surface area (Å²) in [5.41, 5.74) is 2.80. The third kappa shape index (κ3) is 3.26. The van der Waals surface area contributed by atoms with Crippen LogP contribution in [-0.2, 0) is 0 Å². The number of pyridine rings is 1. The first kappa shape index (κ1) is 16.2. The molecule has 1 amide bonds. The topological polar surface area (TPSA) is 99.1 Å². The van der Waals surface area contributed by atoms with E-state index in [1.807, 2.05) is 6.92 Å². The Morgan fingerprint density at radius 1 is 1.42 bits per heavy atom. The highest BCUT2D eigenvalue weighted by molar-refractivity contribution is 6.04. The van der Waals surface area contributed by atoms with Gasteiger partial charge in [-0.3, -0.25) is 4.79 Å². The quantitative estimate of drug-likeness (QED) is 0.587. The van der Waals surface area contributed by atoms with Crippen LogP contribution in [0.4, 0.5) is 0 Å². The molecule has 3 aromatic heterocycles. The van der Waals surface area contributed by atoms with Gasteiger partial charge in [0.25, 0.3) is 5.91 Å². The fourth-order valence-corrected chi connectivity index (χ4v) is 2.94. The molecule has 0 saturated heterocycles. The van der Waals surface area contributed by atoms with Crippen LogP contribution in [0.25, 0.3) is 22.7 Å². The predicted octanol–water partition coefficient (Wildman–Crippen LogP) is 2.06. The van der Waals surface area contributed by atoms with E-state index in [1.165, 1.54) is 5.70 Å². The molecule has 0 aromatic carbocycles. The van der Waals surface area contributed by atoms with Crippen molar-refractivity contribution in [3.05, 3.63) is 48.1 Å². The van der Waals surface area contributed by atoms with Crippen LogP contribution in [0.5, 0.6) is 0 Å². The summed E-state index contributed by atoms with van der Waals surface area (Å²) in [5.74, 6) is 1.02. The van der Waals surface area contributed by atoms with E-state index in [0.717, 1.165) is 19.6 Å². The maximum Gasteiger partial charge on any atom is 0.253 e. The van der Waals surface area contributed by atoms with E-state index >= 15 is 0 Å². The number of fused-ring (bicyclic) bond motifs is 1. The van der Waals surface area contributed by atoms with Gasteiger partial charge in [-0.25, -0.2) is 9.97 Å². The van der Waals surface area contributed by atoms with Crippen LogP contribution in [0.1, 0.15) is 23.7 Å². The minimum absolute atomic E-state index is 0.140. The minimum atomic E-state index is -0.140. The largest absolute Gasteiger partial charge is 0.461 e. The first-order valence-electron chi connectivity index (χ1n) is 8.54. The maximum atomic E-state index is 12.6. The maximum absolute atomic E-state index is 12.6. The number of rotatable bonds is 6. The average Bonchev–Trinajstić information content (AvgIpc) is 3.37. The second-order valence-electron chi connectivity index (χ2n) is 6.19. The van der Waals surface area contributed by atoms with Gasteiger partial charge in [-0.2, -0.15) is 0 Å². The normalized spacial score (nSPS) is 13.7. The Morgan fingerprint density at radius 2 is 2.35 bits per heavy atom. The Hall–Kier alpha value is -3.29. The molecule has 0 saturated carbocycles. The minimum Gasteiger partial charge on any atom is -0.461 e. The number of nitrogens with zero attached hydrogens (tertiary/aromatic N) is 3. The van der Waals surface area contributed by atoms with Crippen molar-refractivity contribution in [3.63, 3.8) is 0 Å². The monoisotopic (exact) mass is 352 g/mol. The lowest BCUT2D eigenvalue weighted by molar-refractivity contribution is 0.0954. The van der Waals surface area contributed by atoms with Crippen LogP contribution in [0.2, 0.25) is 0 Å². The van der Waals surface area contributed by atoms with Gasteiger partial charge in [0.1, 0.15) is 0 Å². The first-order valence-corrected chi connectivity index (χ1v) is 8.54. The van der Waals surface area contributed by atoms with E-state index in [9.17, 15) is 4.79 Å². The molecular formula is C18H20N6O2. The summed E-state index contributed by atoms with van der Waals surface area (Å²) in [6, 6.07) is 5.29. The molecule has 3 N–H and O–H groups in total. The van der Waals surface area contributed by atoms with E-state index in [2.05, 4.69) is 36.7 Å². The van der Waals surface area contributed by atoms with Crippen molar-refractivity contribution < 1.29 is 9.21 Å². The fourth-order valence-electron chi connectivity index (χ4n) is 2.94. The van der Waals surface area contributed by atoms with Gasteiger partial charge >= 0.3 is 0 Å². The molecule has 0 radical (unpaired) electrons. The molecule has 1 aliphatic heterocycles. The van der Waals surface area contributed by atoms with Crippen LogP contribution < -0.4 is 10.6 Å². The highest BCUT2D eigenvalue weighted by Crippen LogP contribution is 2.21. The van der Waals surface area contributed by atoms with E-state index in [0.29, 0.717) is 34.9 Å². The number of carbonyl (C=O) groups excluding carboxylic acids is 1. The second kappa shape index (κ2) is 6.91. The average molecular weight is 352 g/mol. The zero-order valence-electron chi connectivity index (χ0n) is 14.5. The summed E-state index contributed by atoms with van der Waals surface area (Å²) in [7, 11) is 0. The van der Waals surface area contributed by atoms with Crippen molar-refractivity contribution >= 4 is 17.1 Å². The molecule has 26 heavy (non-hydrogen) atoms. The van der Waals surface area contributed by atoms with Crippen LogP contribution in [0.3, 0.4) is 0 Å². The molecule has 0 atom stereocenters. The van der Waals surface area contributed by atoms with Crippen molar-refractivity contribution in [2.75, 3.05) is 19.8 Å². The number of carbonyl (C=O) groups is 1. The molecule has 0 aliphatic carbocycles. The predicted molar refractivity (Wildman–Crippen MR) is 97.0 cm³/mol. The standard InChI is InChI=1S/C18H20N6O2/c1-12-10-24(11-21-12)8-3-6-20-18(25)13-5-7-19-17-15(13)22-16(23-17)14-4-2-9-26-14/h2,4-5,7,9-10,21H,3,6,8,11H2,1H3,(H,20,25)(H,19,22,23). The van der Waals surface area contributed by atoms with Crippen molar-refractivity contribution in [3.8, 4) is 11.6 Å². The van der Waals surface area contributed by atoms with E-state index in [4.69, 9.17) is 4.42 Å². The van der Waals surface area contributed by atoms with Gasteiger partial charge in [-0.1, -0.05) is 0 Å². The molecule has 134 valence electrons. The highest BCUT2D eigenvalue weighted by atomic mass is 16.3. The molecular weight excluding hydrogens is 332 g/mol. The van der Waals surface area contributed by atoms with Crippen LogP contribution in [0.15, 0.2) is 47.0 Å². The SMILES string of the molecule is CC1=CN(CCCNC(=O)c2ccnc3nc(-c4ccco4)[nH]c23)CN1. The molecule has 4 heterocycles. The summed E-state index contributed by atoms with van der Waals surface area (Å²) in [5, 5.41) is 6.22. The number of hydrogen-bond donors (Lipinski definition) is 3. The van der Waals surface area contributed by atoms with Gasteiger partial charge in [0.05, 0.1) is 24.0 Å². The van der Waals surface area contributed by atoms with Gasteiger partial charge < -0.3 is 24.9 Å². The molecule has 0 bridgehead atoms. The Kier molecular flexibility index (Phi) is 4.30. The summed E-state index contributed by atoms with van der Waals surface area (Å²) in [6.07, 6.45) is 6.13. The Labute approximate surface area is 150 Å². The lowest BCUT2D eigenvalue weighted by Gasteiger charge is -2.14. The van der Waals surface area contributed by atoms with E-state index in [1.54, 1.807) is 30.7 Å². The number of hydrogen-bond acceptors (Lipinski definition) is 6. The molecule has 3 aromatic rings. The number of aromatic amines is 1. The number of aromatic nitrogens is 3. The molecule has 8 nitrogen and oxygen atoms in total. The molecule has 1 aliphatic rings.